The van der Waals surface area contributed by atoms with Crippen molar-refractivity contribution in [3.05, 3.63) is 21.6 Å². The SMILES string of the molecule is N#Cc1c(-c2ccc(Br)s2)nc2n1CCCN2. The minimum atomic E-state index is 0.654. The molecule has 1 aliphatic heterocycles. The summed E-state index contributed by atoms with van der Waals surface area (Å²) in [7, 11) is 0. The molecule has 1 N–H and O–H groups in total. The van der Waals surface area contributed by atoms with Gasteiger partial charge in [0.25, 0.3) is 0 Å². The van der Waals surface area contributed by atoms with Gasteiger partial charge in [-0.05, 0) is 34.5 Å². The number of rotatable bonds is 1. The summed E-state index contributed by atoms with van der Waals surface area (Å²) in [5.41, 5.74) is 1.44. The van der Waals surface area contributed by atoms with Gasteiger partial charge in [0, 0.05) is 13.1 Å². The normalized spacial score (nSPS) is 13.9. The van der Waals surface area contributed by atoms with Crippen molar-refractivity contribution in [2.75, 3.05) is 11.9 Å². The van der Waals surface area contributed by atoms with Crippen molar-refractivity contribution in [3.63, 3.8) is 0 Å². The number of thiophene rings is 1. The van der Waals surface area contributed by atoms with Crippen molar-refractivity contribution >= 4 is 33.2 Å². The third-order valence-corrected chi connectivity index (χ3v) is 4.35. The van der Waals surface area contributed by atoms with Gasteiger partial charge in [-0.3, -0.25) is 0 Å². The zero-order valence-electron chi connectivity index (χ0n) is 8.90. The molecule has 0 fully saturated rings. The Kier molecular flexibility index (Phi) is 2.65. The van der Waals surface area contributed by atoms with Gasteiger partial charge < -0.3 is 9.88 Å². The van der Waals surface area contributed by atoms with Gasteiger partial charge in [0.1, 0.15) is 11.8 Å². The maximum Gasteiger partial charge on any atom is 0.204 e. The fourth-order valence-corrected chi connectivity index (χ4v) is 3.35. The summed E-state index contributed by atoms with van der Waals surface area (Å²) in [6, 6.07) is 6.23. The molecule has 3 heterocycles. The molecule has 4 nitrogen and oxygen atoms in total. The van der Waals surface area contributed by atoms with Crippen molar-refractivity contribution in [2.24, 2.45) is 0 Å². The molecule has 0 bridgehead atoms. The van der Waals surface area contributed by atoms with Gasteiger partial charge in [-0.25, -0.2) is 4.98 Å². The van der Waals surface area contributed by atoms with Crippen molar-refractivity contribution < 1.29 is 0 Å². The Labute approximate surface area is 111 Å². The van der Waals surface area contributed by atoms with E-state index in [0.29, 0.717) is 5.69 Å². The van der Waals surface area contributed by atoms with E-state index in [-0.39, 0.29) is 0 Å². The third-order valence-electron chi connectivity index (χ3n) is 2.72. The van der Waals surface area contributed by atoms with Crippen LogP contribution in [0.4, 0.5) is 5.95 Å². The van der Waals surface area contributed by atoms with Gasteiger partial charge in [0.15, 0.2) is 5.69 Å². The summed E-state index contributed by atoms with van der Waals surface area (Å²) in [5, 5.41) is 12.5. The summed E-state index contributed by atoms with van der Waals surface area (Å²) < 4.78 is 3.02. The second-order valence-electron chi connectivity index (χ2n) is 3.78. The van der Waals surface area contributed by atoms with Crippen LogP contribution >= 0.6 is 27.3 Å². The van der Waals surface area contributed by atoms with Gasteiger partial charge in [-0.1, -0.05) is 0 Å². The smallest absolute Gasteiger partial charge is 0.204 e. The van der Waals surface area contributed by atoms with E-state index in [0.717, 1.165) is 39.8 Å². The van der Waals surface area contributed by atoms with Crippen LogP contribution in [0.15, 0.2) is 15.9 Å². The number of imidazole rings is 1. The topological polar surface area (TPSA) is 53.6 Å². The minimum Gasteiger partial charge on any atom is -0.356 e. The molecule has 0 amide bonds. The van der Waals surface area contributed by atoms with E-state index in [2.05, 4.69) is 32.3 Å². The highest BCUT2D eigenvalue weighted by molar-refractivity contribution is 9.11. The zero-order chi connectivity index (χ0) is 11.8. The van der Waals surface area contributed by atoms with Crippen molar-refractivity contribution in [3.8, 4) is 16.6 Å². The molecule has 0 saturated carbocycles. The fourth-order valence-electron chi connectivity index (χ4n) is 1.97. The summed E-state index contributed by atoms with van der Waals surface area (Å²) in [4.78, 5) is 5.55. The van der Waals surface area contributed by atoms with Crippen LogP contribution in [0.1, 0.15) is 12.1 Å². The highest BCUT2D eigenvalue weighted by Gasteiger charge is 2.21. The Balaban J connectivity index is 2.17. The van der Waals surface area contributed by atoms with Crippen molar-refractivity contribution in [2.45, 2.75) is 13.0 Å². The Morgan fingerprint density at radius 2 is 2.41 bits per heavy atom. The lowest BCUT2D eigenvalue weighted by Gasteiger charge is -2.15. The molecule has 1 aliphatic rings. The second-order valence-corrected chi connectivity index (χ2v) is 6.24. The molecule has 3 rings (SSSR count). The summed E-state index contributed by atoms with van der Waals surface area (Å²) in [6.45, 7) is 1.79. The quantitative estimate of drug-likeness (QED) is 0.881. The number of nitriles is 1. The molecule has 0 spiro atoms. The van der Waals surface area contributed by atoms with Gasteiger partial charge in [-0.2, -0.15) is 5.26 Å². The van der Waals surface area contributed by atoms with E-state index >= 15 is 0 Å². The van der Waals surface area contributed by atoms with Crippen LogP contribution in [0.5, 0.6) is 0 Å². The highest BCUT2D eigenvalue weighted by Crippen LogP contribution is 2.34. The van der Waals surface area contributed by atoms with E-state index in [1.165, 1.54) is 0 Å². The molecule has 0 saturated heterocycles. The van der Waals surface area contributed by atoms with Crippen LogP contribution in [0, 0.1) is 11.3 Å². The Bertz CT molecular complexity index is 608. The van der Waals surface area contributed by atoms with E-state index in [9.17, 15) is 5.26 Å². The molecule has 17 heavy (non-hydrogen) atoms. The molecular weight excluding hydrogens is 300 g/mol. The van der Waals surface area contributed by atoms with E-state index in [4.69, 9.17) is 0 Å². The Hall–Kier alpha value is -1.32. The summed E-state index contributed by atoms with van der Waals surface area (Å²) >= 11 is 5.03. The van der Waals surface area contributed by atoms with Gasteiger partial charge in [0.05, 0.1) is 8.66 Å². The number of hydrogen-bond acceptors (Lipinski definition) is 4. The molecule has 86 valence electrons. The zero-order valence-corrected chi connectivity index (χ0v) is 11.3. The van der Waals surface area contributed by atoms with E-state index < -0.39 is 0 Å². The number of anilines is 1. The number of fused-ring (bicyclic) bond motifs is 1. The molecule has 0 radical (unpaired) electrons. The minimum absolute atomic E-state index is 0.654. The lowest BCUT2D eigenvalue weighted by atomic mass is 10.3. The highest BCUT2D eigenvalue weighted by atomic mass is 79.9. The summed E-state index contributed by atoms with van der Waals surface area (Å²) in [6.07, 6.45) is 1.03. The maximum absolute atomic E-state index is 9.29. The number of hydrogen-bond donors (Lipinski definition) is 1. The lowest BCUT2D eigenvalue weighted by molar-refractivity contribution is 0.622. The molecule has 0 atom stereocenters. The maximum atomic E-state index is 9.29. The van der Waals surface area contributed by atoms with Crippen LogP contribution < -0.4 is 5.32 Å². The van der Waals surface area contributed by atoms with Crippen molar-refractivity contribution in [1.82, 2.24) is 9.55 Å². The predicted octanol–water partition coefficient (Wildman–Crippen LogP) is 3.06. The predicted molar refractivity (Wildman–Crippen MR) is 71.1 cm³/mol. The van der Waals surface area contributed by atoms with Gasteiger partial charge in [0.2, 0.25) is 5.95 Å². The number of nitrogens with one attached hydrogen (secondary N) is 1. The lowest BCUT2D eigenvalue weighted by Crippen LogP contribution is -2.18. The van der Waals surface area contributed by atoms with E-state index in [1.54, 1.807) is 11.3 Å². The fraction of sp³-hybridized carbons (Fsp3) is 0.273. The molecule has 2 aromatic rings. The van der Waals surface area contributed by atoms with Crippen LogP contribution in [0.3, 0.4) is 0 Å². The van der Waals surface area contributed by atoms with E-state index in [1.807, 2.05) is 16.7 Å². The number of aromatic nitrogens is 2. The third kappa shape index (κ3) is 1.75. The number of nitrogens with zero attached hydrogens (tertiary/aromatic N) is 3. The van der Waals surface area contributed by atoms with Gasteiger partial charge >= 0.3 is 0 Å². The first-order chi connectivity index (χ1) is 8.29. The molecule has 0 aliphatic carbocycles. The Morgan fingerprint density at radius 3 is 3.12 bits per heavy atom. The Morgan fingerprint density at radius 1 is 1.53 bits per heavy atom. The average molecular weight is 309 g/mol. The van der Waals surface area contributed by atoms with Crippen LogP contribution in [0.2, 0.25) is 0 Å². The first kappa shape index (κ1) is 10.8. The molecule has 0 unspecified atom stereocenters. The largest absolute Gasteiger partial charge is 0.356 e. The second kappa shape index (κ2) is 4.17. The monoisotopic (exact) mass is 308 g/mol. The van der Waals surface area contributed by atoms with Crippen LogP contribution in [0.25, 0.3) is 10.6 Å². The van der Waals surface area contributed by atoms with Crippen LogP contribution in [-0.4, -0.2) is 16.1 Å². The first-order valence-electron chi connectivity index (χ1n) is 5.30. The molecular formula is C11H9BrN4S. The van der Waals surface area contributed by atoms with Crippen molar-refractivity contribution in [1.29, 1.82) is 5.26 Å². The summed E-state index contributed by atoms with van der Waals surface area (Å²) in [5.74, 6) is 0.812. The average Bonchev–Trinajstić information content (AvgIpc) is 2.91. The standard InChI is InChI=1S/C11H9BrN4S/c12-9-3-2-8(17-9)10-7(6-13)16-5-1-4-14-11(16)15-10/h2-3H,1,4-5H2,(H,14,15). The molecule has 6 heteroatoms. The first-order valence-corrected chi connectivity index (χ1v) is 6.91. The molecule has 0 aromatic carbocycles. The van der Waals surface area contributed by atoms with Crippen LogP contribution in [-0.2, 0) is 6.54 Å². The molecule has 2 aromatic heterocycles. The number of halogens is 1. The van der Waals surface area contributed by atoms with Gasteiger partial charge in [-0.15, -0.1) is 11.3 Å².